The minimum Gasteiger partial charge on any atom is -0.375 e. The van der Waals surface area contributed by atoms with Crippen LogP contribution in [-0.4, -0.2) is 29.5 Å². The molecule has 0 amide bonds. The SMILES string of the molecule is CC(Nc1cc(=O)n(C)c2c(Nc3nc(NCc4cccnc4)ncc3Cl)cccc12)c1ncccn1. The van der Waals surface area contributed by atoms with Crippen LogP contribution < -0.4 is 21.5 Å². The maximum Gasteiger partial charge on any atom is 0.252 e. The van der Waals surface area contributed by atoms with E-state index in [4.69, 9.17) is 11.6 Å². The monoisotopic (exact) mass is 513 g/mol. The Morgan fingerprint density at radius 3 is 2.62 bits per heavy atom. The third kappa shape index (κ3) is 5.34. The summed E-state index contributed by atoms with van der Waals surface area (Å²) in [5.41, 5.74) is 2.86. The lowest BCUT2D eigenvalue weighted by Crippen LogP contribution is -2.19. The molecule has 10 nitrogen and oxygen atoms in total. The molecular weight excluding hydrogens is 490 g/mol. The van der Waals surface area contributed by atoms with E-state index in [0.717, 1.165) is 10.9 Å². The average molecular weight is 514 g/mol. The maximum absolute atomic E-state index is 12.9. The topological polar surface area (TPSA) is 123 Å². The van der Waals surface area contributed by atoms with Gasteiger partial charge in [0, 0.05) is 55.5 Å². The Labute approximate surface area is 217 Å². The summed E-state index contributed by atoms with van der Waals surface area (Å²) in [6.07, 6.45) is 8.40. The summed E-state index contributed by atoms with van der Waals surface area (Å²) >= 11 is 6.43. The van der Waals surface area contributed by atoms with Gasteiger partial charge in [-0.1, -0.05) is 29.8 Å². The van der Waals surface area contributed by atoms with Crippen molar-refractivity contribution in [2.24, 2.45) is 7.05 Å². The fraction of sp³-hybridized carbons (Fsp3) is 0.154. The number of fused-ring (bicyclic) bond motifs is 1. The third-order valence-electron chi connectivity index (χ3n) is 5.78. The van der Waals surface area contributed by atoms with Crippen LogP contribution in [0.2, 0.25) is 5.02 Å². The number of halogens is 1. The van der Waals surface area contributed by atoms with E-state index < -0.39 is 0 Å². The van der Waals surface area contributed by atoms with Crippen molar-refractivity contribution in [3.05, 3.63) is 100 Å². The highest BCUT2D eigenvalue weighted by Crippen LogP contribution is 2.32. The lowest BCUT2D eigenvalue weighted by atomic mass is 10.1. The number of anilines is 4. The first-order chi connectivity index (χ1) is 18.0. The van der Waals surface area contributed by atoms with Crippen LogP contribution in [0.25, 0.3) is 10.9 Å². The number of benzene rings is 1. The highest BCUT2D eigenvalue weighted by molar-refractivity contribution is 6.33. The first-order valence-corrected chi connectivity index (χ1v) is 12.0. The van der Waals surface area contributed by atoms with Crippen molar-refractivity contribution >= 4 is 45.6 Å². The summed E-state index contributed by atoms with van der Waals surface area (Å²) in [4.78, 5) is 34.5. The molecule has 0 aliphatic heterocycles. The van der Waals surface area contributed by atoms with Gasteiger partial charge in [0.25, 0.3) is 5.56 Å². The van der Waals surface area contributed by atoms with Crippen LogP contribution in [-0.2, 0) is 13.6 Å². The number of hydrogen-bond donors (Lipinski definition) is 3. The van der Waals surface area contributed by atoms with Gasteiger partial charge in [-0.05, 0) is 30.7 Å². The van der Waals surface area contributed by atoms with Crippen LogP contribution >= 0.6 is 11.6 Å². The molecule has 0 aliphatic carbocycles. The Morgan fingerprint density at radius 1 is 1.00 bits per heavy atom. The quantitative estimate of drug-likeness (QED) is 0.271. The molecule has 0 saturated carbocycles. The number of nitrogens with one attached hydrogen (secondary N) is 3. The number of rotatable bonds is 8. The van der Waals surface area contributed by atoms with E-state index >= 15 is 0 Å². The lowest BCUT2D eigenvalue weighted by molar-refractivity contribution is 0.788. The summed E-state index contributed by atoms with van der Waals surface area (Å²) in [5.74, 6) is 1.45. The fourth-order valence-corrected chi connectivity index (χ4v) is 4.07. The first kappa shape index (κ1) is 24.1. The van der Waals surface area contributed by atoms with Gasteiger partial charge in [0.05, 0.1) is 23.4 Å². The van der Waals surface area contributed by atoms with Gasteiger partial charge in [-0.25, -0.2) is 15.0 Å². The predicted octanol–water partition coefficient (Wildman–Crippen LogP) is 4.70. The Kier molecular flexibility index (Phi) is 6.91. The normalized spacial score (nSPS) is 11.8. The number of aryl methyl sites for hydroxylation is 1. The molecule has 5 aromatic rings. The number of pyridine rings is 2. The summed E-state index contributed by atoms with van der Waals surface area (Å²) in [6.45, 7) is 2.46. The van der Waals surface area contributed by atoms with Crippen LogP contribution in [0.4, 0.5) is 23.1 Å². The van der Waals surface area contributed by atoms with Gasteiger partial charge in [-0.3, -0.25) is 9.78 Å². The largest absolute Gasteiger partial charge is 0.375 e. The molecule has 1 aromatic carbocycles. The second kappa shape index (κ2) is 10.6. The predicted molar refractivity (Wildman–Crippen MR) is 145 cm³/mol. The molecule has 5 rings (SSSR count). The maximum atomic E-state index is 12.9. The summed E-state index contributed by atoms with van der Waals surface area (Å²) in [7, 11) is 1.73. The molecule has 0 spiro atoms. The van der Waals surface area contributed by atoms with Gasteiger partial charge in [0.15, 0.2) is 5.82 Å². The Morgan fingerprint density at radius 2 is 1.84 bits per heavy atom. The standard InChI is InChI=1S/C26H24ClN9O/c1-16(24-29-10-5-11-30-24)33-21-12-22(37)36(2)23-18(21)7-3-8-20(23)34-25-19(27)15-32-26(35-25)31-14-17-6-4-9-28-13-17/h3-13,15-16,33H,14H2,1-2H3,(H2,31,32,34,35). The molecule has 4 aromatic heterocycles. The van der Waals surface area contributed by atoms with E-state index in [1.54, 1.807) is 48.5 Å². The molecule has 11 heteroatoms. The van der Waals surface area contributed by atoms with Crippen LogP contribution in [0.5, 0.6) is 0 Å². The molecule has 0 bridgehead atoms. The molecule has 186 valence electrons. The van der Waals surface area contributed by atoms with E-state index in [0.29, 0.717) is 46.0 Å². The van der Waals surface area contributed by atoms with Crippen LogP contribution in [0.1, 0.15) is 24.4 Å². The van der Waals surface area contributed by atoms with Crippen molar-refractivity contribution < 1.29 is 0 Å². The van der Waals surface area contributed by atoms with Crippen molar-refractivity contribution in [2.75, 3.05) is 16.0 Å². The van der Waals surface area contributed by atoms with Crippen LogP contribution in [0, 0.1) is 0 Å². The molecule has 0 saturated heterocycles. The van der Waals surface area contributed by atoms with Gasteiger partial charge in [0.1, 0.15) is 10.8 Å². The molecule has 4 heterocycles. The zero-order chi connectivity index (χ0) is 25.8. The Bertz CT molecular complexity index is 1590. The lowest BCUT2D eigenvalue weighted by Gasteiger charge is -2.19. The zero-order valence-corrected chi connectivity index (χ0v) is 20.9. The highest BCUT2D eigenvalue weighted by atomic mass is 35.5. The summed E-state index contributed by atoms with van der Waals surface area (Å²) < 4.78 is 1.59. The molecule has 0 fully saturated rings. The second-order valence-electron chi connectivity index (χ2n) is 8.36. The van der Waals surface area contributed by atoms with Crippen molar-refractivity contribution in [3.8, 4) is 0 Å². The number of nitrogens with zero attached hydrogens (tertiary/aromatic N) is 6. The van der Waals surface area contributed by atoms with Gasteiger partial charge in [-0.2, -0.15) is 4.98 Å². The van der Waals surface area contributed by atoms with Crippen molar-refractivity contribution in [2.45, 2.75) is 19.5 Å². The average Bonchev–Trinajstić information content (AvgIpc) is 2.93. The van der Waals surface area contributed by atoms with Gasteiger partial charge >= 0.3 is 0 Å². The summed E-state index contributed by atoms with van der Waals surface area (Å²) in [5, 5.41) is 11.0. The Hall–Kier alpha value is -4.57. The number of para-hydroxylation sites is 1. The van der Waals surface area contributed by atoms with E-state index in [1.807, 2.05) is 37.3 Å². The van der Waals surface area contributed by atoms with E-state index in [1.165, 1.54) is 6.20 Å². The number of hydrogen-bond acceptors (Lipinski definition) is 9. The van der Waals surface area contributed by atoms with Crippen molar-refractivity contribution in [1.29, 1.82) is 0 Å². The smallest absolute Gasteiger partial charge is 0.252 e. The molecule has 1 unspecified atom stereocenters. The van der Waals surface area contributed by atoms with E-state index in [-0.39, 0.29) is 11.6 Å². The third-order valence-corrected chi connectivity index (χ3v) is 6.05. The van der Waals surface area contributed by atoms with Gasteiger partial charge < -0.3 is 20.5 Å². The zero-order valence-electron chi connectivity index (χ0n) is 20.2. The first-order valence-electron chi connectivity index (χ1n) is 11.6. The van der Waals surface area contributed by atoms with Crippen molar-refractivity contribution in [3.63, 3.8) is 0 Å². The fourth-order valence-electron chi connectivity index (χ4n) is 3.93. The molecule has 3 N–H and O–H groups in total. The minimum absolute atomic E-state index is 0.168. The molecule has 0 aliphatic rings. The van der Waals surface area contributed by atoms with Gasteiger partial charge in [-0.15, -0.1) is 0 Å². The van der Waals surface area contributed by atoms with Crippen LogP contribution in [0.3, 0.4) is 0 Å². The van der Waals surface area contributed by atoms with E-state index in [9.17, 15) is 4.79 Å². The van der Waals surface area contributed by atoms with Gasteiger partial charge in [0.2, 0.25) is 5.95 Å². The van der Waals surface area contributed by atoms with Crippen molar-refractivity contribution in [1.82, 2.24) is 29.5 Å². The van der Waals surface area contributed by atoms with Crippen LogP contribution in [0.15, 0.2) is 78.2 Å². The highest BCUT2D eigenvalue weighted by Gasteiger charge is 2.16. The van der Waals surface area contributed by atoms with E-state index in [2.05, 4.69) is 40.9 Å². The Balaban J connectivity index is 1.47. The molecular formula is C26H24ClN9O. The number of aromatic nitrogens is 6. The molecule has 1 atom stereocenters. The molecule has 37 heavy (non-hydrogen) atoms. The molecule has 0 radical (unpaired) electrons. The second-order valence-corrected chi connectivity index (χ2v) is 8.77. The summed E-state index contributed by atoms with van der Waals surface area (Å²) in [6, 6.07) is 12.7. The minimum atomic E-state index is -0.210.